The molecule has 0 aliphatic carbocycles. The first-order valence-electron chi connectivity index (χ1n) is 5.36. The Bertz CT molecular complexity index is 538. The molecule has 1 aromatic rings. The summed E-state index contributed by atoms with van der Waals surface area (Å²) in [4.78, 5) is 11.2. The summed E-state index contributed by atoms with van der Waals surface area (Å²) in [6.45, 7) is 2.04. The van der Waals surface area contributed by atoms with Crippen LogP contribution < -0.4 is 5.32 Å². The Kier molecular flexibility index (Phi) is 5.37. The zero-order valence-corrected chi connectivity index (χ0v) is 11.5. The number of carbonyl (C=O) groups is 1. The van der Waals surface area contributed by atoms with Crippen LogP contribution in [0.5, 0.6) is 0 Å². The number of hydrogen-bond acceptors (Lipinski definition) is 3. The second-order valence-corrected chi connectivity index (χ2v) is 5.75. The molecule has 98 valence electrons. The zero-order valence-electron chi connectivity index (χ0n) is 9.89. The van der Waals surface area contributed by atoms with Crippen molar-refractivity contribution in [1.29, 1.82) is 0 Å². The van der Waals surface area contributed by atoms with E-state index in [-0.39, 0.29) is 5.75 Å². The fourth-order valence-corrected chi connectivity index (χ4v) is 3.16. The maximum absolute atomic E-state index is 12.0. The highest BCUT2D eigenvalue weighted by molar-refractivity contribution is 7.95. The minimum atomic E-state index is -3.73. The first-order chi connectivity index (χ1) is 8.51. The monoisotopic (exact) mass is 287 g/mol. The predicted octanol–water partition coefficient (Wildman–Crippen LogP) is 1.82. The Morgan fingerprint density at radius 3 is 2.44 bits per heavy atom. The highest BCUT2D eigenvalue weighted by Gasteiger charge is 2.24. The van der Waals surface area contributed by atoms with Gasteiger partial charge in [-0.3, -0.25) is 4.79 Å². The Hall–Kier alpha value is -1.33. The molecule has 6 heteroatoms. The standard InChI is InChI=1S/C12H14ClNO3S/c1-2-14-12(15)11(8-13)18(16,17)9-10-6-4-3-5-7-10/h3-8H,2,9H2,1H3,(H,14,15)/b11-8-. The van der Waals surface area contributed by atoms with Crippen LogP contribution in [-0.4, -0.2) is 20.9 Å². The lowest BCUT2D eigenvalue weighted by molar-refractivity contribution is -0.116. The SMILES string of the molecule is CCNC(=O)/C(=C/Cl)S(=O)(=O)Cc1ccccc1. The van der Waals surface area contributed by atoms with Gasteiger partial charge in [0.25, 0.3) is 5.91 Å². The number of likely N-dealkylation sites (N-methyl/N-ethyl adjacent to an activating group) is 1. The van der Waals surface area contributed by atoms with Gasteiger partial charge in [-0.25, -0.2) is 8.42 Å². The molecule has 0 saturated carbocycles. The van der Waals surface area contributed by atoms with Crippen LogP contribution in [0.4, 0.5) is 0 Å². The molecule has 0 saturated heterocycles. The molecule has 1 rings (SSSR count). The van der Waals surface area contributed by atoms with E-state index in [2.05, 4.69) is 5.32 Å². The molecule has 0 aliphatic heterocycles. The third-order valence-electron chi connectivity index (χ3n) is 2.19. The number of hydrogen-bond donors (Lipinski definition) is 1. The first kappa shape index (κ1) is 14.7. The van der Waals surface area contributed by atoms with E-state index in [0.717, 1.165) is 5.54 Å². The fourth-order valence-electron chi connectivity index (χ4n) is 1.38. The molecule has 1 N–H and O–H groups in total. The third-order valence-corrected chi connectivity index (χ3v) is 4.23. The van der Waals surface area contributed by atoms with Crippen LogP contribution in [0.3, 0.4) is 0 Å². The molecule has 0 unspecified atom stereocenters. The van der Waals surface area contributed by atoms with Crippen LogP contribution in [0, 0.1) is 0 Å². The van der Waals surface area contributed by atoms with Gasteiger partial charge in [-0.2, -0.15) is 0 Å². The number of benzene rings is 1. The summed E-state index contributed by atoms with van der Waals surface area (Å²) in [6.07, 6.45) is 0. The Labute approximate surface area is 112 Å². The number of halogens is 1. The van der Waals surface area contributed by atoms with Gasteiger partial charge in [0.15, 0.2) is 9.84 Å². The van der Waals surface area contributed by atoms with E-state index in [1.165, 1.54) is 0 Å². The quantitative estimate of drug-likeness (QED) is 0.840. The number of amides is 1. The summed E-state index contributed by atoms with van der Waals surface area (Å²) in [5, 5.41) is 2.42. The van der Waals surface area contributed by atoms with Gasteiger partial charge in [-0.15, -0.1) is 0 Å². The second kappa shape index (κ2) is 6.56. The van der Waals surface area contributed by atoms with Crippen molar-refractivity contribution in [2.45, 2.75) is 12.7 Å². The molecule has 0 atom stereocenters. The van der Waals surface area contributed by atoms with Gasteiger partial charge in [-0.05, 0) is 12.5 Å². The number of rotatable bonds is 5. The van der Waals surface area contributed by atoms with Crippen molar-refractivity contribution in [1.82, 2.24) is 5.32 Å². The average Bonchev–Trinajstić information content (AvgIpc) is 2.30. The molecule has 18 heavy (non-hydrogen) atoms. The maximum atomic E-state index is 12.0. The van der Waals surface area contributed by atoms with Gasteiger partial charge in [0.05, 0.1) is 5.75 Å². The van der Waals surface area contributed by atoms with Crippen molar-refractivity contribution in [3.8, 4) is 0 Å². The number of sulfone groups is 1. The molecule has 4 nitrogen and oxygen atoms in total. The molecule has 0 aliphatic rings. The zero-order chi connectivity index (χ0) is 13.6. The molecule has 0 fully saturated rings. The lowest BCUT2D eigenvalue weighted by atomic mass is 10.2. The van der Waals surface area contributed by atoms with Crippen LogP contribution in [0.25, 0.3) is 0 Å². The largest absolute Gasteiger partial charge is 0.352 e. The summed E-state index contributed by atoms with van der Waals surface area (Å²) < 4.78 is 24.1. The van der Waals surface area contributed by atoms with Crippen molar-refractivity contribution < 1.29 is 13.2 Å². The van der Waals surface area contributed by atoms with E-state index >= 15 is 0 Å². The molecular weight excluding hydrogens is 274 g/mol. The van der Waals surface area contributed by atoms with Crippen molar-refractivity contribution in [3.63, 3.8) is 0 Å². The number of nitrogens with one attached hydrogen (secondary N) is 1. The third kappa shape index (κ3) is 3.85. The van der Waals surface area contributed by atoms with Crippen LogP contribution in [-0.2, 0) is 20.4 Å². The molecular formula is C12H14ClNO3S. The topological polar surface area (TPSA) is 63.2 Å². The van der Waals surface area contributed by atoms with E-state index < -0.39 is 20.6 Å². The van der Waals surface area contributed by atoms with Crippen molar-refractivity contribution in [2.24, 2.45) is 0 Å². The predicted molar refractivity (Wildman–Crippen MR) is 71.7 cm³/mol. The second-order valence-electron chi connectivity index (χ2n) is 3.58. The summed E-state index contributed by atoms with van der Waals surface area (Å²) in [5.41, 5.74) is 1.42. The van der Waals surface area contributed by atoms with Crippen LogP contribution in [0.1, 0.15) is 12.5 Å². The molecule has 0 spiro atoms. The van der Waals surface area contributed by atoms with Gasteiger partial charge < -0.3 is 5.32 Å². The molecule has 0 aromatic heterocycles. The van der Waals surface area contributed by atoms with E-state index in [0.29, 0.717) is 12.1 Å². The minimum Gasteiger partial charge on any atom is -0.352 e. The molecule has 0 radical (unpaired) electrons. The Balaban J connectivity index is 2.95. The average molecular weight is 288 g/mol. The van der Waals surface area contributed by atoms with E-state index in [9.17, 15) is 13.2 Å². The summed E-state index contributed by atoms with van der Waals surface area (Å²) in [6, 6.07) is 8.63. The molecule has 0 heterocycles. The van der Waals surface area contributed by atoms with E-state index in [1.807, 2.05) is 0 Å². The summed E-state index contributed by atoms with van der Waals surface area (Å²) >= 11 is 5.45. The molecule has 0 bridgehead atoms. The Morgan fingerprint density at radius 2 is 1.94 bits per heavy atom. The summed E-state index contributed by atoms with van der Waals surface area (Å²) in [5.74, 6) is -0.924. The number of carbonyl (C=O) groups excluding carboxylic acids is 1. The highest BCUT2D eigenvalue weighted by atomic mass is 35.5. The lowest BCUT2D eigenvalue weighted by Crippen LogP contribution is -2.28. The molecule has 1 aromatic carbocycles. The van der Waals surface area contributed by atoms with Gasteiger partial charge in [0, 0.05) is 12.1 Å². The van der Waals surface area contributed by atoms with E-state index in [4.69, 9.17) is 11.6 Å². The van der Waals surface area contributed by atoms with Gasteiger partial charge in [0.1, 0.15) is 4.91 Å². The van der Waals surface area contributed by atoms with Crippen molar-refractivity contribution in [3.05, 3.63) is 46.3 Å². The first-order valence-corrected chi connectivity index (χ1v) is 7.45. The maximum Gasteiger partial charge on any atom is 0.263 e. The van der Waals surface area contributed by atoms with Gasteiger partial charge in [-0.1, -0.05) is 41.9 Å². The van der Waals surface area contributed by atoms with Crippen molar-refractivity contribution in [2.75, 3.05) is 6.54 Å². The van der Waals surface area contributed by atoms with Crippen molar-refractivity contribution >= 4 is 27.3 Å². The van der Waals surface area contributed by atoms with Crippen LogP contribution in [0.2, 0.25) is 0 Å². The summed E-state index contributed by atoms with van der Waals surface area (Å²) in [7, 11) is -3.73. The van der Waals surface area contributed by atoms with E-state index in [1.54, 1.807) is 37.3 Å². The van der Waals surface area contributed by atoms with Crippen LogP contribution >= 0.6 is 11.6 Å². The molecule has 1 amide bonds. The fraction of sp³-hybridized carbons (Fsp3) is 0.250. The lowest BCUT2D eigenvalue weighted by Gasteiger charge is -2.08. The van der Waals surface area contributed by atoms with Crippen LogP contribution in [0.15, 0.2) is 40.8 Å². The van der Waals surface area contributed by atoms with Gasteiger partial charge >= 0.3 is 0 Å². The highest BCUT2D eigenvalue weighted by Crippen LogP contribution is 2.15. The minimum absolute atomic E-state index is 0.247. The Morgan fingerprint density at radius 1 is 1.33 bits per heavy atom. The van der Waals surface area contributed by atoms with Gasteiger partial charge in [0.2, 0.25) is 0 Å². The smallest absolute Gasteiger partial charge is 0.263 e. The normalized spacial score (nSPS) is 12.2.